The molecule has 0 bridgehead atoms. The molecule has 0 aromatic rings. The zero-order valence-corrected chi connectivity index (χ0v) is 10.3. The van der Waals surface area contributed by atoms with Gasteiger partial charge >= 0.3 is 0 Å². The number of hydrogen-bond donors (Lipinski definition) is 1. The molecular weight excluding hydrogens is 202 g/mol. The van der Waals surface area contributed by atoms with Crippen LogP contribution < -0.4 is 5.32 Å². The highest BCUT2D eigenvalue weighted by Gasteiger charge is 2.28. The monoisotopic (exact) mass is 225 g/mol. The second-order valence-corrected chi connectivity index (χ2v) is 4.64. The molecule has 0 radical (unpaired) electrons. The van der Waals surface area contributed by atoms with Crippen molar-refractivity contribution in [2.24, 2.45) is 0 Å². The lowest BCUT2D eigenvalue weighted by molar-refractivity contribution is -0.132. The van der Waals surface area contributed by atoms with Gasteiger partial charge < -0.3 is 5.32 Å². The second kappa shape index (κ2) is 7.42. The van der Waals surface area contributed by atoms with Crippen molar-refractivity contribution in [2.75, 3.05) is 0 Å². The van der Waals surface area contributed by atoms with Crippen LogP contribution in [0.2, 0.25) is 0 Å². The van der Waals surface area contributed by atoms with Gasteiger partial charge in [-0.15, -0.1) is 0 Å². The molecule has 1 fully saturated rings. The normalized spacial score (nSPS) is 19.3. The van der Waals surface area contributed by atoms with E-state index < -0.39 is 0 Å². The van der Waals surface area contributed by atoms with E-state index in [4.69, 9.17) is 0 Å². The Morgan fingerprint density at radius 2 is 1.94 bits per heavy atom. The third-order valence-electron chi connectivity index (χ3n) is 3.16. The van der Waals surface area contributed by atoms with Gasteiger partial charge in [0, 0.05) is 12.8 Å². The van der Waals surface area contributed by atoms with Gasteiger partial charge in [-0.25, -0.2) is 0 Å². The van der Waals surface area contributed by atoms with Gasteiger partial charge in [-0.2, -0.15) is 0 Å². The van der Waals surface area contributed by atoms with E-state index in [9.17, 15) is 9.59 Å². The number of Topliss-reactive ketones (excluding diaryl/α,β-unsaturated/α-hetero) is 1. The summed E-state index contributed by atoms with van der Waals surface area (Å²) in [7, 11) is 0. The van der Waals surface area contributed by atoms with Crippen LogP contribution in [0.4, 0.5) is 0 Å². The molecule has 0 spiro atoms. The average Bonchev–Trinajstić information content (AvgIpc) is 2.28. The molecule has 1 amide bonds. The first-order valence-electron chi connectivity index (χ1n) is 6.56. The molecule has 0 aromatic carbocycles. The van der Waals surface area contributed by atoms with Crippen LogP contribution in [0, 0.1) is 0 Å². The van der Waals surface area contributed by atoms with Gasteiger partial charge in [0.25, 0.3) is 0 Å². The quantitative estimate of drug-likeness (QED) is 0.645. The number of rotatable bonds is 8. The van der Waals surface area contributed by atoms with Crippen LogP contribution in [0.5, 0.6) is 0 Å². The van der Waals surface area contributed by atoms with Crippen molar-refractivity contribution in [3.8, 4) is 0 Å². The average molecular weight is 225 g/mol. The Labute approximate surface area is 98.0 Å². The molecule has 0 saturated heterocycles. The molecule has 1 rings (SSSR count). The predicted octanol–water partition coefficient (Wildman–Crippen LogP) is 2.58. The zero-order valence-electron chi connectivity index (χ0n) is 10.3. The lowest BCUT2D eigenvalue weighted by atomic mass is 9.91. The molecule has 0 aromatic heterocycles. The maximum Gasteiger partial charge on any atom is 0.220 e. The van der Waals surface area contributed by atoms with Gasteiger partial charge in [0.15, 0.2) is 5.78 Å². The second-order valence-electron chi connectivity index (χ2n) is 4.64. The van der Waals surface area contributed by atoms with Gasteiger partial charge in [-0.1, -0.05) is 39.0 Å². The maximum absolute atomic E-state index is 11.4. The molecule has 3 nitrogen and oxygen atoms in total. The summed E-state index contributed by atoms with van der Waals surface area (Å²) in [5, 5.41) is 2.78. The van der Waals surface area contributed by atoms with E-state index in [1.165, 1.54) is 25.7 Å². The SMILES string of the molecule is CCCCCCCCC(=O)N[C@H]1CCC1=O. The smallest absolute Gasteiger partial charge is 0.220 e. The Balaban J connectivity index is 1.92. The summed E-state index contributed by atoms with van der Waals surface area (Å²) in [5.41, 5.74) is 0. The molecule has 1 N–H and O–H groups in total. The summed E-state index contributed by atoms with van der Waals surface area (Å²) in [6.07, 6.45) is 9.19. The minimum atomic E-state index is -0.160. The molecule has 3 heteroatoms. The molecule has 0 aliphatic heterocycles. The Bertz CT molecular complexity index is 238. The molecule has 1 atom stereocenters. The number of carbonyl (C=O) groups excluding carboxylic acids is 2. The maximum atomic E-state index is 11.4. The van der Waals surface area contributed by atoms with Crippen LogP contribution >= 0.6 is 0 Å². The predicted molar refractivity (Wildman–Crippen MR) is 64.2 cm³/mol. The topological polar surface area (TPSA) is 46.2 Å². The molecule has 1 aliphatic carbocycles. The summed E-state index contributed by atoms with van der Waals surface area (Å²) < 4.78 is 0. The van der Waals surface area contributed by atoms with E-state index in [1.54, 1.807) is 0 Å². The highest BCUT2D eigenvalue weighted by atomic mass is 16.2. The number of carbonyl (C=O) groups is 2. The minimum Gasteiger partial charge on any atom is -0.346 e. The van der Waals surface area contributed by atoms with Crippen molar-refractivity contribution in [1.82, 2.24) is 5.32 Å². The fourth-order valence-electron chi connectivity index (χ4n) is 1.89. The minimum absolute atomic E-state index is 0.0496. The van der Waals surface area contributed by atoms with Gasteiger partial charge in [-0.05, 0) is 12.8 Å². The molecule has 1 saturated carbocycles. The third-order valence-corrected chi connectivity index (χ3v) is 3.16. The van der Waals surface area contributed by atoms with Crippen molar-refractivity contribution >= 4 is 11.7 Å². The molecule has 0 unspecified atom stereocenters. The fraction of sp³-hybridized carbons (Fsp3) is 0.846. The van der Waals surface area contributed by atoms with Crippen molar-refractivity contribution < 1.29 is 9.59 Å². The summed E-state index contributed by atoms with van der Waals surface area (Å²) in [5.74, 6) is 0.241. The largest absolute Gasteiger partial charge is 0.346 e. The van der Waals surface area contributed by atoms with E-state index in [0.717, 1.165) is 19.3 Å². The number of hydrogen-bond acceptors (Lipinski definition) is 2. The summed E-state index contributed by atoms with van der Waals surface area (Å²) in [4.78, 5) is 22.4. The van der Waals surface area contributed by atoms with Crippen LogP contribution in [0.3, 0.4) is 0 Å². The highest BCUT2D eigenvalue weighted by Crippen LogP contribution is 2.14. The first-order chi connectivity index (χ1) is 7.74. The van der Waals surface area contributed by atoms with E-state index in [-0.39, 0.29) is 17.7 Å². The van der Waals surface area contributed by atoms with E-state index in [0.29, 0.717) is 12.8 Å². The molecule has 1 aliphatic rings. The lowest BCUT2D eigenvalue weighted by Gasteiger charge is -2.24. The van der Waals surface area contributed by atoms with Crippen LogP contribution in [0.25, 0.3) is 0 Å². The fourth-order valence-corrected chi connectivity index (χ4v) is 1.89. The standard InChI is InChI=1S/C13H23NO2/c1-2-3-4-5-6-7-8-13(16)14-11-9-10-12(11)15/h11H,2-10H2,1H3,(H,14,16)/t11-/m0/s1. The summed E-state index contributed by atoms with van der Waals surface area (Å²) in [6.45, 7) is 2.20. The van der Waals surface area contributed by atoms with Crippen LogP contribution in [0.15, 0.2) is 0 Å². The van der Waals surface area contributed by atoms with Crippen LogP contribution in [-0.4, -0.2) is 17.7 Å². The van der Waals surface area contributed by atoms with E-state index in [2.05, 4.69) is 12.2 Å². The number of amides is 1. The van der Waals surface area contributed by atoms with Crippen molar-refractivity contribution in [1.29, 1.82) is 0 Å². The van der Waals surface area contributed by atoms with Crippen molar-refractivity contribution in [2.45, 2.75) is 70.8 Å². The zero-order chi connectivity index (χ0) is 11.8. The first-order valence-corrected chi connectivity index (χ1v) is 6.56. The summed E-state index contributed by atoms with van der Waals surface area (Å²) in [6, 6.07) is -0.160. The first kappa shape index (κ1) is 13.2. The Morgan fingerprint density at radius 1 is 1.25 bits per heavy atom. The lowest BCUT2D eigenvalue weighted by Crippen LogP contribution is -2.47. The Morgan fingerprint density at radius 3 is 2.50 bits per heavy atom. The number of nitrogens with one attached hydrogen (secondary N) is 1. The van der Waals surface area contributed by atoms with Crippen LogP contribution in [-0.2, 0) is 9.59 Å². The molecule has 92 valence electrons. The van der Waals surface area contributed by atoms with Crippen LogP contribution in [0.1, 0.15) is 64.7 Å². The third kappa shape index (κ3) is 4.77. The van der Waals surface area contributed by atoms with E-state index in [1.807, 2.05) is 0 Å². The van der Waals surface area contributed by atoms with Gasteiger partial charge in [0.2, 0.25) is 5.91 Å². The molecule has 0 heterocycles. The van der Waals surface area contributed by atoms with Gasteiger partial charge in [-0.3, -0.25) is 9.59 Å². The number of unbranched alkanes of at least 4 members (excludes halogenated alkanes) is 5. The van der Waals surface area contributed by atoms with Gasteiger partial charge in [0.1, 0.15) is 0 Å². The van der Waals surface area contributed by atoms with Gasteiger partial charge in [0.05, 0.1) is 6.04 Å². The molecular formula is C13H23NO2. The Hall–Kier alpha value is -0.860. The van der Waals surface area contributed by atoms with Crippen molar-refractivity contribution in [3.05, 3.63) is 0 Å². The highest BCUT2D eigenvalue weighted by molar-refractivity contribution is 5.93. The Kier molecular flexibility index (Phi) is 6.12. The van der Waals surface area contributed by atoms with Crippen molar-refractivity contribution in [3.63, 3.8) is 0 Å². The molecule has 16 heavy (non-hydrogen) atoms. The van der Waals surface area contributed by atoms with E-state index >= 15 is 0 Å². The number of ketones is 1. The summed E-state index contributed by atoms with van der Waals surface area (Å²) >= 11 is 0.